The third kappa shape index (κ3) is 3.35. The maximum absolute atomic E-state index is 6.49. The van der Waals surface area contributed by atoms with Crippen LogP contribution in [0.3, 0.4) is 0 Å². The van der Waals surface area contributed by atoms with Gasteiger partial charge >= 0.3 is 0 Å². The Hall–Kier alpha value is -2.29. The van der Waals surface area contributed by atoms with E-state index in [1.807, 2.05) is 12.1 Å². The van der Waals surface area contributed by atoms with Gasteiger partial charge in [-0.15, -0.1) is 0 Å². The van der Waals surface area contributed by atoms with Crippen LogP contribution in [0, 0.1) is 0 Å². The second-order valence-corrected chi connectivity index (χ2v) is 8.74. The Bertz CT molecular complexity index is 1020. The van der Waals surface area contributed by atoms with Crippen LogP contribution in [0.2, 0.25) is 10.0 Å². The summed E-state index contributed by atoms with van der Waals surface area (Å²) in [6.07, 6.45) is 2.99. The maximum Gasteiger partial charge on any atom is 0.105 e. The lowest BCUT2D eigenvalue weighted by molar-refractivity contribution is 0.364. The standard InChI is InChI=1S/C25H22Cl2N2/c26-20-15-22(27)21-17-29-14-13-25(18-7-3-1-4-8-18,19-9-5-2-6-10-19)12-11-24(29)28-23(21)16-20/h1-10,15-16H,11-14,17H2. The normalized spacial score (nSPS) is 17.7. The van der Waals surface area contributed by atoms with Gasteiger partial charge in [0.05, 0.1) is 5.69 Å². The van der Waals surface area contributed by atoms with Gasteiger partial charge in [-0.25, -0.2) is 4.99 Å². The Labute approximate surface area is 181 Å². The van der Waals surface area contributed by atoms with Crippen LogP contribution in [0.4, 0.5) is 5.69 Å². The first-order valence-electron chi connectivity index (χ1n) is 10.1. The molecular formula is C25H22Cl2N2. The van der Waals surface area contributed by atoms with Gasteiger partial charge in [0.1, 0.15) is 5.84 Å². The zero-order chi connectivity index (χ0) is 19.8. The highest BCUT2D eigenvalue weighted by Gasteiger charge is 2.38. The number of hydrogen-bond acceptors (Lipinski definition) is 2. The summed E-state index contributed by atoms with van der Waals surface area (Å²) < 4.78 is 0. The first kappa shape index (κ1) is 18.7. The number of hydrogen-bond donors (Lipinski definition) is 0. The van der Waals surface area contributed by atoms with Crippen molar-refractivity contribution in [3.8, 4) is 0 Å². The molecule has 2 aliphatic rings. The molecule has 2 aliphatic heterocycles. The van der Waals surface area contributed by atoms with E-state index in [2.05, 4.69) is 65.6 Å². The molecule has 0 atom stereocenters. The SMILES string of the molecule is Clc1cc(Cl)c2c(c1)N=C1CCC(c3ccccc3)(c3ccccc3)CCN1C2. The molecule has 0 radical (unpaired) electrons. The van der Waals surface area contributed by atoms with Crippen molar-refractivity contribution in [3.63, 3.8) is 0 Å². The number of halogens is 2. The predicted octanol–water partition coefficient (Wildman–Crippen LogP) is 7.01. The van der Waals surface area contributed by atoms with Gasteiger partial charge in [-0.3, -0.25) is 0 Å². The van der Waals surface area contributed by atoms with E-state index in [4.69, 9.17) is 28.2 Å². The van der Waals surface area contributed by atoms with E-state index in [1.165, 1.54) is 11.1 Å². The van der Waals surface area contributed by atoms with Crippen LogP contribution < -0.4 is 0 Å². The maximum atomic E-state index is 6.49. The Morgan fingerprint density at radius 3 is 2.14 bits per heavy atom. The Morgan fingerprint density at radius 1 is 0.828 bits per heavy atom. The summed E-state index contributed by atoms with van der Waals surface area (Å²) in [5, 5.41) is 1.35. The molecule has 29 heavy (non-hydrogen) atoms. The van der Waals surface area contributed by atoms with Crippen LogP contribution in [0.25, 0.3) is 0 Å². The fraction of sp³-hybridized carbons (Fsp3) is 0.240. The van der Waals surface area contributed by atoms with E-state index in [9.17, 15) is 0 Å². The van der Waals surface area contributed by atoms with E-state index in [1.54, 1.807) is 0 Å². The summed E-state index contributed by atoms with van der Waals surface area (Å²) in [6, 6.07) is 25.6. The molecule has 0 amide bonds. The molecule has 5 rings (SSSR count). The van der Waals surface area contributed by atoms with Crippen molar-refractivity contribution in [1.82, 2.24) is 4.90 Å². The molecule has 1 saturated heterocycles. The lowest BCUT2D eigenvalue weighted by atomic mass is 9.69. The number of fused-ring (bicyclic) bond motifs is 2. The molecule has 0 N–H and O–H groups in total. The molecule has 0 aromatic heterocycles. The minimum atomic E-state index is -0.0179. The molecule has 2 heterocycles. The summed E-state index contributed by atoms with van der Waals surface area (Å²) in [6.45, 7) is 1.74. The number of nitrogens with zero attached hydrogens (tertiary/aromatic N) is 2. The van der Waals surface area contributed by atoms with E-state index < -0.39 is 0 Å². The minimum Gasteiger partial charge on any atom is -0.356 e. The van der Waals surface area contributed by atoms with Gasteiger partial charge in [0.25, 0.3) is 0 Å². The van der Waals surface area contributed by atoms with Crippen LogP contribution in [0.5, 0.6) is 0 Å². The van der Waals surface area contributed by atoms with Crippen molar-refractivity contribution in [3.05, 3.63) is 99.5 Å². The predicted molar refractivity (Wildman–Crippen MR) is 121 cm³/mol. The third-order valence-electron chi connectivity index (χ3n) is 6.34. The van der Waals surface area contributed by atoms with Crippen molar-refractivity contribution in [1.29, 1.82) is 0 Å². The van der Waals surface area contributed by atoms with Crippen LogP contribution in [0.15, 0.2) is 77.8 Å². The van der Waals surface area contributed by atoms with E-state index in [0.29, 0.717) is 10.0 Å². The highest BCUT2D eigenvalue weighted by Crippen LogP contribution is 2.44. The highest BCUT2D eigenvalue weighted by atomic mass is 35.5. The summed E-state index contributed by atoms with van der Waals surface area (Å²) in [4.78, 5) is 7.37. The van der Waals surface area contributed by atoms with E-state index in [-0.39, 0.29) is 5.41 Å². The summed E-state index contributed by atoms with van der Waals surface area (Å²) >= 11 is 12.7. The molecule has 0 saturated carbocycles. The van der Waals surface area contributed by atoms with Crippen molar-refractivity contribution in [2.24, 2.45) is 4.99 Å². The van der Waals surface area contributed by atoms with Crippen molar-refractivity contribution in [2.75, 3.05) is 6.54 Å². The molecule has 0 unspecified atom stereocenters. The van der Waals surface area contributed by atoms with Gasteiger partial charge in [-0.1, -0.05) is 83.9 Å². The Morgan fingerprint density at radius 2 is 1.48 bits per heavy atom. The average molecular weight is 421 g/mol. The summed E-state index contributed by atoms with van der Waals surface area (Å²) in [5.41, 5.74) is 4.73. The second-order valence-electron chi connectivity index (χ2n) is 7.90. The zero-order valence-electron chi connectivity index (χ0n) is 16.1. The first-order chi connectivity index (χ1) is 14.2. The van der Waals surface area contributed by atoms with Gasteiger partial charge in [-0.2, -0.15) is 0 Å². The number of aliphatic imine (C=N–C) groups is 1. The fourth-order valence-electron chi connectivity index (χ4n) is 4.79. The van der Waals surface area contributed by atoms with Crippen molar-refractivity contribution in [2.45, 2.75) is 31.2 Å². The van der Waals surface area contributed by atoms with Gasteiger partial charge < -0.3 is 4.90 Å². The molecule has 3 aromatic rings. The van der Waals surface area contributed by atoms with Gasteiger partial charge in [-0.05, 0) is 36.1 Å². The fourth-order valence-corrected chi connectivity index (χ4v) is 5.34. The Balaban J connectivity index is 1.56. The quantitative estimate of drug-likeness (QED) is 0.435. The van der Waals surface area contributed by atoms with Crippen molar-refractivity contribution >= 4 is 34.7 Å². The lowest BCUT2D eigenvalue weighted by Gasteiger charge is -2.34. The van der Waals surface area contributed by atoms with E-state index >= 15 is 0 Å². The summed E-state index contributed by atoms with van der Waals surface area (Å²) in [5.74, 6) is 1.14. The second kappa shape index (κ2) is 7.51. The van der Waals surface area contributed by atoms with Crippen molar-refractivity contribution < 1.29 is 0 Å². The van der Waals surface area contributed by atoms with Crippen LogP contribution in [0.1, 0.15) is 36.0 Å². The molecule has 146 valence electrons. The molecule has 0 spiro atoms. The molecule has 3 aromatic carbocycles. The van der Waals surface area contributed by atoms with Crippen LogP contribution >= 0.6 is 23.2 Å². The number of amidine groups is 1. The monoisotopic (exact) mass is 420 g/mol. The zero-order valence-corrected chi connectivity index (χ0v) is 17.6. The first-order valence-corrected chi connectivity index (χ1v) is 10.8. The van der Waals surface area contributed by atoms with Crippen LogP contribution in [-0.2, 0) is 12.0 Å². The molecular weight excluding hydrogens is 399 g/mol. The molecule has 1 fully saturated rings. The third-order valence-corrected chi connectivity index (χ3v) is 6.89. The van der Waals surface area contributed by atoms with Gasteiger partial charge in [0, 0.05) is 40.5 Å². The average Bonchev–Trinajstić information content (AvgIpc) is 2.94. The lowest BCUT2D eigenvalue weighted by Crippen LogP contribution is -2.33. The topological polar surface area (TPSA) is 15.6 Å². The molecule has 0 bridgehead atoms. The van der Waals surface area contributed by atoms with E-state index in [0.717, 1.165) is 49.4 Å². The molecule has 2 nitrogen and oxygen atoms in total. The molecule has 0 aliphatic carbocycles. The largest absolute Gasteiger partial charge is 0.356 e. The number of rotatable bonds is 2. The van der Waals surface area contributed by atoms with Crippen LogP contribution in [-0.4, -0.2) is 17.3 Å². The van der Waals surface area contributed by atoms with Gasteiger partial charge in [0.2, 0.25) is 0 Å². The highest BCUT2D eigenvalue weighted by molar-refractivity contribution is 6.35. The molecule has 4 heteroatoms. The number of benzene rings is 3. The smallest absolute Gasteiger partial charge is 0.105 e. The summed E-state index contributed by atoms with van der Waals surface area (Å²) in [7, 11) is 0. The Kier molecular flexibility index (Phi) is 4.85. The van der Waals surface area contributed by atoms with Gasteiger partial charge in [0.15, 0.2) is 0 Å². The minimum absolute atomic E-state index is 0.0179.